The zero-order valence-corrected chi connectivity index (χ0v) is 5.33. The monoisotopic (exact) mass is 159 g/mol. The third-order valence-electron chi connectivity index (χ3n) is 1.01. The van der Waals surface area contributed by atoms with Crippen molar-refractivity contribution >= 4 is 5.97 Å². The third-order valence-corrected chi connectivity index (χ3v) is 1.01. The number of aromatic amines is 1. The molecule has 0 atom stereocenters. The molecule has 1 aromatic heterocycles. The van der Waals surface area contributed by atoms with Gasteiger partial charge in [0.1, 0.15) is 6.42 Å². The number of carboxylic acids is 1. The molecule has 3 N–H and O–H groups in total. The first-order chi connectivity index (χ1) is 5.09. The number of rotatable bonds is 2. The second-order valence-corrected chi connectivity index (χ2v) is 1.86. The van der Waals surface area contributed by atoms with E-state index in [1.54, 1.807) is 0 Å². The van der Waals surface area contributed by atoms with Gasteiger partial charge < -0.3 is 14.6 Å². The minimum absolute atomic E-state index is 0.262. The summed E-state index contributed by atoms with van der Waals surface area (Å²) < 4.78 is 4.28. The van der Waals surface area contributed by atoms with E-state index in [0.29, 0.717) is 0 Å². The standard InChI is InChI=1S/C5H5NO5/c7-3(8)1-2-4(9)6-5(10)11-2/h9H,1H2,(H,6,10)(H,7,8). The maximum absolute atomic E-state index is 10.3. The Balaban J connectivity index is 2.94. The van der Waals surface area contributed by atoms with Crippen molar-refractivity contribution in [2.45, 2.75) is 6.42 Å². The summed E-state index contributed by atoms with van der Waals surface area (Å²) in [6.07, 6.45) is -0.509. The Morgan fingerprint density at radius 1 is 1.64 bits per heavy atom. The summed E-state index contributed by atoms with van der Waals surface area (Å²) in [4.78, 5) is 22.2. The SMILES string of the molecule is O=C(O)Cc1oc(=O)[nH]c1O. The molecule has 0 amide bonds. The summed E-state index contributed by atoms with van der Waals surface area (Å²) >= 11 is 0. The van der Waals surface area contributed by atoms with Crippen molar-refractivity contribution in [1.29, 1.82) is 0 Å². The van der Waals surface area contributed by atoms with Crippen LogP contribution in [0.5, 0.6) is 5.88 Å². The first kappa shape index (κ1) is 7.39. The molecule has 60 valence electrons. The molecule has 6 heteroatoms. The van der Waals surface area contributed by atoms with E-state index in [2.05, 4.69) is 4.42 Å². The number of hydrogen-bond acceptors (Lipinski definition) is 4. The highest BCUT2D eigenvalue weighted by molar-refractivity contribution is 5.69. The van der Waals surface area contributed by atoms with Crippen LogP contribution in [0.4, 0.5) is 0 Å². The van der Waals surface area contributed by atoms with Crippen LogP contribution in [-0.4, -0.2) is 21.2 Å². The van der Waals surface area contributed by atoms with Gasteiger partial charge in [-0.15, -0.1) is 0 Å². The van der Waals surface area contributed by atoms with Gasteiger partial charge in [0.15, 0.2) is 5.76 Å². The van der Waals surface area contributed by atoms with Crippen LogP contribution >= 0.6 is 0 Å². The summed E-state index contributed by atoms with van der Waals surface area (Å²) in [6, 6.07) is 0. The van der Waals surface area contributed by atoms with Crippen LogP contribution in [0, 0.1) is 0 Å². The van der Waals surface area contributed by atoms with E-state index in [1.807, 2.05) is 4.98 Å². The van der Waals surface area contributed by atoms with Gasteiger partial charge in [0.05, 0.1) is 0 Å². The average Bonchev–Trinajstić information content (AvgIpc) is 2.09. The Morgan fingerprint density at radius 2 is 2.27 bits per heavy atom. The van der Waals surface area contributed by atoms with E-state index in [1.165, 1.54) is 0 Å². The van der Waals surface area contributed by atoms with Crippen LogP contribution in [0.2, 0.25) is 0 Å². The van der Waals surface area contributed by atoms with E-state index < -0.39 is 24.0 Å². The largest absolute Gasteiger partial charge is 0.492 e. The number of aromatic hydroxyl groups is 1. The molecular weight excluding hydrogens is 154 g/mol. The van der Waals surface area contributed by atoms with E-state index in [-0.39, 0.29) is 5.76 Å². The normalized spacial score (nSPS) is 9.82. The lowest BCUT2D eigenvalue weighted by Crippen LogP contribution is -1.99. The van der Waals surface area contributed by atoms with Gasteiger partial charge in [0, 0.05) is 0 Å². The zero-order chi connectivity index (χ0) is 8.43. The number of aliphatic carboxylic acids is 1. The molecule has 0 saturated heterocycles. The van der Waals surface area contributed by atoms with Crippen molar-refractivity contribution in [2.75, 3.05) is 0 Å². The third kappa shape index (κ3) is 1.60. The first-order valence-electron chi connectivity index (χ1n) is 2.72. The van der Waals surface area contributed by atoms with Crippen molar-refractivity contribution < 1.29 is 19.4 Å². The van der Waals surface area contributed by atoms with Gasteiger partial charge in [-0.2, -0.15) is 0 Å². The van der Waals surface area contributed by atoms with E-state index >= 15 is 0 Å². The van der Waals surface area contributed by atoms with Crippen LogP contribution in [-0.2, 0) is 11.2 Å². The van der Waals surface area contributed by atoms with E-state index in [4.69, 9.17) is 10.2 Å². The van der Waals surface area contributed by atoms with E-state index in [0.717, 1.165) is 0 Å². The van der Waals surface area contributed by atoms with Gasteiger partial charge in [-0.05, 0) is 0 Å². The molecule has 1 heterocycles. The predicted octanol–water partition coefficient (Wildman–Crippen LogP) is -0.699. The molecule has 0 unspecified atom stereocenters. The molecule has 1 aromatic rings. The Labute approximate surface area is 60.1 Å². The lowest BCUT2D eigenvalue weighted by molar-refractivity contribution is -0.136. The molecular formula is C5H5NO5. The number of hydrogen-bond donors (Lipinski definition) is 3. The molecule has 0 radical (unpaired) electrons. The molecule has 0 saturated carbocycles. The highest BCUT2D eigenvalue weighted by atomic mass is 16.4. The Bertz CT molecular complexity index is 322. The summed E-state index contributed by atoms with van der Waals surface area (Å²) in [5.41, 5.74) is 0. The molecule has 0 fully saturated rings. The Kier molecular flexibility index (Phi) is 1.67. The van der Waals surface area contributed by atoms with Crippen LogP contribution in [0.1, 0.15) is 5.76 Å². The van der Waals surface area contributed by atoms with Gasteiger partial charge in [-0.1, -0.05) is 0 Å². The molecule has 0 bridgehead atoms. The summed E-state index contributed by atoms with van der Waals surface area (Å²) in [5.74, 6) is -2.83. The molecule has 1 rings (SSSR count). The van der Waals surface area contributed by atoms with Crippen LogP contribution in [0.3, 0.4) is 0 Å². The minimum Gasteiger partial charge on any atom is -0.492 e. The quantitative estimate of drug-likeness (QED) is 0.529. The zero-order valence-electron chi connectivity index (χ0n) is 5.33. The average molecular weight is 159 g/mol. The maximum atomic E-state index is 10.3. The molecule has 0 aliphatic carbocycles. The number of carbonyl (C=O) groups is 1. The van der Waals surface area contributed by atoms with Crippen molar-refractivity contribution in [2.24, 2.45) is 0 Å². The number of H-pyrrole nitrogens is 1. The molecule has 0 aliphatic heterocycles. The van der Waals surface area contributed by atoms with Crippen LogP contribution < -0.4 is 5.76 Å². The topological polar surface area (TPSA) is 104 Å². The fraction of sp³-hybridized carbons (Fsp3) is 0.200. The maximum Gasteiger partial charge on any atom is 0.419 e. The van der Waals surface area contributed by atoms with Crippen molar-refractivity contribution in [1.82, 2.24) is 4.98 Å². The number of carboxylic acid groups (broad SMARTS) is 1. The minimum atomic E-state index is -1.18. The second-order valence-electron chi connectivity index (χ2n) is 1.86. The van der Waals surface area contributed by atoms with Crippen LogP contribution in [0.25, 0.3) is 0 Å². The smallest absolute Gasteiger partial charge is 0.419 e. The second kappa shape index (κ2) is 2.49. The Hall–Kier alpha value is -1.72. The highest BCUT2D eigenvalue weighted by Crippen LogP contribution is 2.10. The fourth-order valence-electron chi connectivity index (χ4n) is 0.609. The summed E-state index contributed by atoms with van der Waals surface area (Å²) in [5, 5.41) is 17.0. The van der Waals surface area contributed by atoms with Gasteiger partial charge in [0.25, 0.3) is 0 Å². The Morgan fingerprint density at radius 3 is 2.64 bits per heavy atom. The van der Waals surface area contributed by atoms with Gasteiger partial charge in [-0.25, -0.2) is 4.79 Å². The van der Waals surface area contributed by atoms with Crippen LogP contribution in [0.15, 0.2) is 9.21 Å². The fourth-order valence-corrected chi connectivity index (χ4v) is 0.609. The van der Waals surface area contributed by atoms with Gasteiger partial charge in [0.2, 0.25) is 5.88 Å². The molecule has 0 aromatic carbocycles. The first-order valence-corrected chi connectivity index (χ1v) is 2.72. The molecule has 0 aliphatic rings. The van der Waals surface area contributed by atoms with Crippen molar-refractivity contribution in [3.63, 3.8) is 0 Å². The van der Waals surface area contributed by atoms with Gasteiger partial charge in [-0.3, -0.25) is 9.78 Å². The highest BCUT2D eigenvalue weighted by Gasteiger charge is 2.11. The molecule has 0 spiro atoms. The predicted molar refractivity (Wildman–Crippen MR) is 32.3 cm³/mol. The number of oxazole rings is 1. The van der Waals surface area contributed by atoms with Crippen molar-refractivity contribution in [3.8, 4) is 5.88 Å². The lowest BCUT2D eigenvalue weighted by atomic mass is 10.3. The molecule has 11 heavy (non-hydrogen) atoms. The number of aromatic nitrogens is 1. The number of nitrogens with one attached hydrogen (secondary N) is 1. The van der Waals surface area contributed by atoms with Gasteiger partial charge >= 0.3 is 11.7 Å². The summed E-state index contributed by atoms with van der Waals surface area (Å²) in [7, 11) is 0. The summed E-state index contributed by atoms with van der Waals surface area (Å²) in [6.45, 7) is 0. The van der Waals surface area contributed by atoms with Crippen molar-refractivity contribution in [3.05, 3.63) is 16.3 Å². The lowest BCUT2D eigenvalue weighted by Gasteiger charge is -1.87. The molecule has 6 nitrogen and oxygen atoms in total. The van der Waals surface area contributed by atoms with E-state index in [9.17, 15) is 9.59 Å².